The normalized spacial score (nSPS) is 15.5. The second kappa shape index (κ2) is 8.55. The summed E-state index contributed by atoms with van der Waals surface area (Å²) in [4.78, 5) is 13.1. The van der Waals surface area contributed by atoms with Crippen LogP contribution in [0.2, 0.25) is 0 Å². The minimum absolute atomic E-state index is 0.101. The van der Waals surface area contributed by atoms with Gasteiger partial charge in [-0.15, -0.1) is 0 Å². The molecule has 0 unspecified atom stereocenters. The van der Waals surface area contributed by atoms with E-state index in [1.54, 1.807) is 30.3 Å². The summed E-state index contributed by atoms with van der Waals surface area (Å²) in [5.74, 6) is 0.479. The van der Waals surface area contributed by atoms with Gasteiger partial charge in [0.05, 0.1) is 24.2 Å². The molecule has 0 fully saturated rings. The fraction of sp³-hybridized carbons (Fsp3) is 0.208. The average Bonchev–Trinajstić information content (AvgIpc) is 2.78. The lowest BCUT2D eigenvalue weighted by Crippen LogP contribution is -2.48. The predicted molar refractivity (Wildman–Crippen MR) is 123 cm³/mol. The third-order valence-electron chi connectivity index (χ3n) is 5.21. The highest BCUT2D eigenvalue weighted by molar-refractivity contribution is 7.92. The van der Waals surface area contributed by atoms with Crippen LogP contribution in [0.15, 0.2) is 71.6 Å². The zero-order chi connectivity index (χ0) is 22.9. The highest BCUT2D eigenvalue weighted by atomic mass is 32.2. The van der Waals surface area contributed by atoms with E-state index >= 15 is 0 Å². The van der Waals surface area contributed by atoms with Gasteiger partial charge in [0.25, 0.3) is 15.9 Å². The molecule has 0 radical (unpaired) electrons. The molecule has 1 heterocycles. The Morgan fingerprint density at radius 2 is 1.75 bits per heavy atom. The first-order valence-corrected chi connectivity index (χ1v) is 11.5. The minimum atomic E-state index is -3.94. The van der Waals surface area contributed by atoms with Crippen LogP contribution in [-0.2, 0) is 14.8 Å². The maximum absolute atomic E-state index is 13.5. The van der Waals surface area contributed by atoms with E-state index in [1.165, 1.54) is 23.5 Å². The lowest BCUT2D eigenvalue weighted by molar-refractivity contribution is -0.122. The molecule has 3 aromatic carbocycles. The SMILES string of the molecule is COc1ccc(S(=O)(=O)N2C[C@H](C(=O)Nc3cccc(C)c3)Oc3cc(C)ccc32)cc1. The second-order valence-electron chi connectivity index (χ2n) is 7.65. The second-order valence-corrected chi connectivity index (χ2v) is 9.51. The van der Waals surface area contributed by atoms with Crippen LogP contribution in [0.25, 0.3) is 0 Å². The van der Waals surface area contributed by atoms with Gasteiger partial charge in [-0.1, -0.05) is 18.2 Å². The van der Waals surface area contributed by atoms with Gasteiger partial charge in [0, 0.05) is 5.69 Å². The van der Waals surface area contributed by atoms with Crippen molar-refractivity contribution in [2.24, 2.45) is 0 Å². The van der Waals surface area contributed by atoms with Crippen molar-refractivity contribution in [3.05, 3.63) is 77.9 Å². The van der Waals surface area contributed by atoms with E-state index in [-0.39, 0.29) is 11.4 Å². The van der Waals surface area contributed by atoms with Gasteiger partial charge >= 0.3 is 0 Å². The van der Waals surface area contributed by atoms with Gasteiger partial charge in [-0.25, -0.2) is 8.42 Å². The van der Waals surface area contributed by atoms with Crippen molar-refractivity contribution in [3.8, 4) is 11.5 Å². The Morgan fingerprint density at radius 3 is 2.44 bits per heavy atom. The first kappa shape index (κ1) is 21.7. The number of rotatable bonds is 5. The fourth-order valence-corrected chi connectivity index (χ4v) is 5.02. The van der Waals surface area contributed by atoms with E-state index in [0.717, 1.165) is 11.1 Å². The van der Waals surface area contributed by atoms with E-state index in [2.05, 4.69) is 5.32 Å². The van der Waals surface area contributed by atoms with Gasteiger partial charge < -0.3 is 14.8 Å². The summed E-state index contributed by atoms with van der Waals surface area (Å²) in [5, 5.41) is 2.82. The number of sulfonamides is 1. The van der Waals surface area contributed by atoms with Crippen molar-refractivity contribution in [3.63, 3.8) is 0 Å². The highest BCUT2D eigenvalue weighted by Gasteiger charge is 2.37. The number of fused-ring (bicyclic) bond motifs is 1. The van der Waals surface area contributed by atoms with E-state index < -0.39 is 22.0 Å². The van der Waals surface area contributed by atoms with Crippen molar-refractivity contribution >= 4 is 27.3 Å². The molecule has 1 amide bonds. The third-order valence-corrected chi connectivity index (χ3v) is 7.00. The number of carbonyl (C=O) groups is 1. The maximum Gasteiger partial charge on any atom is 0.267 e. The minimum Gasteiger partial charge on any atom is -0.497 e. The molecule has 0 aromatic heterocycles. The molecule has 32 heavy (non-hydrogen) atoms. The molecular weight excluding hydrogens is 428 g/mol. The molecule has 1 N–H and O–H groups in total. The summed E-state index contributed by atoms with van der Waals surface area (Å²) in [6.45, 7) is 3.65. The average molecular weight is 453 g/mol. The number of nitrogens with zero attached hydrogens (tertiary/aromatic N) is 1. The number of ether oxygens (including phenoxy) is 2. The molecule has 0 saturated heterocycles. The third kappa shape index (κ3) is 4.27. The molecule has 0 aliphatic carbocycles. The summed E-state index contributed by atoms with van der Waals surface area (Å²) in [5.41, 5.74) is 2.91. The van der Waals surface area contributed by atoms with Crippen molar-refractivity contribution < 1.29 is 22.7 Å². The van der Waals surface area contributed by atoms with Crippen LogP contribution in [0.3, 0.4) is 0 Å². The van der Waals surface area contributed by atoms with Crippen molar-refractivity contribution in [2.45, 2.75) is 24.8 Å². The lowest BCUT2D eigenvalue weighted by Gasteiger charge is -2.35. The molecule has 1 aliphatic rings. The van der Waals surface area contributed by atoms with Gasteiger partial charge in [-0.2, -0.15) is 0 Å². The molecule has 7 nitrogen and oxygen atoms in total. The predicted octanol–water partition coefficient (Wildman–Crippen LogP) is 3.91. The van der Waals surface area contributed by atoms with Crippen LogP contribution >= 0.6 is 0 Å². The molecule has 8 heteroatoms. The molecular formula is C24H24N2O5S. The summed E-state index contributed by atoms with van der Waals surface area (Å²) < 4.78 is 39.3. The number of carbonyl (C=O) groups excluding carboxylic acids is 1. The maximum atomic E-state index is 13.5. The molecule has 3 aromatic rings. The molecule has 166 valence electrons. The summed E-state index contributed by atoms with van der Waals surface area (Å²) in [6, 6.07) is 18.8. The smallest absolute Gasteiger partial charge is 0.267 e. The largest absolute Gasteiger partial charge is 0.497 e. The number of hydrogen-bond acceptors (Lipinski definition) is 5. The van der Waals surface area contributed by atoms with Gasteiger partial charge in [-0.3, -0.25) is 9.10 Å². The Kier molecular flexibility index (Phi) is 5.80. The Labute approximate surface area is 187 Å². The lowest BCUT2D eigenvalue weighted by atomic mass is 10.1. The summed E-state index contributed by atoms with van der Waals surface area (Å²) in [7, 11) is -2.43. The molecule has 1 atom stereocenters. The van der Waals surface area contributed by atoms with E-state index in [4.69, 9.17) is 9.47 Å². The molecule has 0 spiro atoms. The molecule has 0 saturated carbocycles. The van der Waals surface area contributed by atoms with Crippen molar-refractivity contribution in [2.75, 3.05) is 23.3 Å². The number of amides is 1. The number of benzene rings is 3. The standard InChI is InChI=1S/C24H24N2O5S/c1-16-5-4-6-18(13-16)25-24(27)23-15-26(21-12-7-17(2)14-22(21)31-23)32(28,29)20-10-8-19(30-3)9-11-20/h4-14,23H,15H2,1-3H3,(H,25,27)/t23-/m1/s1. The van der Waals surface area contributed by atoms with Crippen molar-refractivity contribution in [1.29, 1.82) is 0 Å². The topological polar surface area (TPSA) is 84.9 Å². The van der Waals surface area contributed by atoms with Gasteiger partial charge in [-0.05, 0) is 73.5 Å². The number of hydrogen-bond donors (Lipinski definition) is 1. The van der Waals surface area contributed by atoms with Crippen LogP contribution in [0.5, 0.6) is 11.5 Å². The number of anilines is 2. The summed E-state index contributed by atoms with van der Waals surface area (Å²) in [6.07, 6.45) is -1.02. The van der Waals surface area contributed by atoms with E-state index in [9.17, 15) is 13.2 Å². The van der Waals surface area contributed by atoms with Crippen molar-refractivity contribution in [1.82, 2.24) is 0 Å². The van der Waals surface area contributed by atoms with Crippen LogP contribution in [0.1, 0.15) is 11.1 Å². The zero-order valence-electron chi connectivity index (χ0n) is 18.0. The number of methoxy groups -OCH3 is 1. The Hall–Kier alpha value is -3.52. The quantitative estimate of drug-likeness (QED) is 0.635. The number of aryl methyl sites for hydroxylation is 2. The van der Waals surface area contributed by atoms with Gasteiger partial charge in [0.15, 0.2) is 6.10 Å². The Balaban J connectivity index is 1.69. The molecule has 4 rings (SSSR count). The van der Waals surface area contributed by atoms with Gasteiger partial charge in [0.2, 0.25) is 0 Å². The zero-order valence-corrected chi connectivity index (χ0v) is 18.8. The Morgan fingerprint density at radius 1 is 1.03 bits per heavy atom. The van der Waals surface area contributed by atoms with E-state index in [0.29, 0.717) is 22.9 Å². The molecule has 1 aliphatic heterocycles. The highest BCUT2D eigenvalue weighted by Crippen LogP contribution is 2.38. The first-order valence-electron chi connectivity index (χ1n) is 10.1. The van der Waals surface area contributed by atoms with E-state index in [1.807, 2.05) is 38.1 Å². The molecule has 0 bridgehead atoms. The van der Waals surface area contributed by atoms with Crippen LogP contribution in [0.4, 0.5) is 11.4 Å². The van der Waals surface area contributed by atoms with Gasteiger partial charge in [0.1, 0.15) is 11.5 Å². The number of nitrogens with one attached hydrogen (secondary N) is 1. The van der Waals surface area contributed by atoms with Crippen LogP contribution in [0, 0.1) is 13.8 Å². The fourth-order valence-electron chi connectivity index (χ4n) is 3.55. The first-order chi connectivity index (χ1) is 15.3. The monoisotopic (exact) mass is 452 g/mol. The van der Waals surface area contributed by atoms with Crippen LogP contribution in [-0.4, -0.2) is 34.1 Å². The van der Waals surface area contributed by atoms with Crippen LogP contribution < -0.4 is 19.1 Å². The Bertz CT molecular complexity index is 1260. The summed E-state index contributed by atoms with van der Waals surface area (Å²) >= 11 is 0.